The Balaban J connectivity index is 1.80. The summed E-state index contributed by atoms with van der Waals surface area (Å²) in [5, 5.41) is 6.67. The third kappa shape index (κ3) is 5.22. The first-order valence-corrected chi connectivity index (χ1v) is 8.05. The minimum Gasteiger partial charge on any atom is -0.341 e. The summed E-state index contributed by atoms with van der Waals surface area (Å²) in [6.45, 7) is 8.40. The summed E-state index contributed by atoms with van der Waals surface area (Å²) in [7, 11) is 0. The third-order valence-electron chi connectivity index (χ3n) is 3.72. The fourth-order valence-corrected chi connectivity index (χ4v) is 2.50. The zero-order valence-electron chi connectivity index (χ0n) is 14.0. The van der Waals surface area contributed by atoms with Gasteiger partial charge < -0.3 is 19.6 Å². The summed E-state index contributed by atoms with van der Waals surface area (Å²) in [4.78, 5) is 31.4. The van der Waals surface area contributed by atoms with Crippen molar-refractivity contribution in [1.29, 1.82) is 0 Å². The molecule has 2 heterocycles. The molecule has 1 aliphatic rings. The van der Waals surface area contributed by atoms with Crippen LogP contribution in [0.5, 0.6) is 0 Å². The molecule has 23 heavy (non-hydrogen) atoms. The molecule has 0 atom stereocenters. The molecule has 1 aromatic rings. The molecule has 0 aromatic carbocycles. The van der Waals surface area contributed by atoms with Crippen molar-refractivity contribution < 1.29 is 14.1 Å². The fraction of sp³-hybridized carbons (Fsp3) is 0.733. The Morgan fingerprint density at radius 3 is 2.61 bits per heavy atom. The van der Waals surface area contributed by atoms with Crippen LogP contribution < -0.4 is 5.32 Å². The maximum absolute atomic E-state index is 12.2. The number of nitrogens with one attached hydrogen (secondary N) is 1. The highest BCUT2D eigenvalue weighted by Crippen LogP contribution is 2.06. The number of amides is 3. The Kier molecular flexibility index (Phi) is 5.95. The van der Waals surface area contributed by atoms with E-state index in [1.54, 1.807) is 16.7 Å². The van der Waals surface area contributed by atoms with Crippen molar-refractivity contribution in [3.63, 3.8) is 0 Å². The van der Waals surface area contributed by atoms with Crippen LogP contribution >= 0.6 is 0 Å². The predicted molar refractivity (Wildman–Crippen MR) is 83.5 cm³/mol. The van der Waals surface area contributed by atoms with E-state index < -0.39 is 0 Å². The van der Waals surface area contributed by atoms with E-state index in [2.05, 4.69) is 29.3 Å². The number of carbonyl (C=O) groups is 2. The van der Waals surface area contributed by atoms with E-state index >= 15 is 0 Å². The maximum atomic E-state index is 12.2. The molecule has 1 aliphatic heterocycles. The van der Waals surface area contributed by atoms with Crippen LogP contribution in [0.25, 0.3) is 0 Å². The van der Waals surface area contributed by atoms with Gasteiger partial charge in [-0.1, -0.05) is 19.0 Å². The third-order valence-corrected chi connectivity index (χ3v) is 3.72. The van der Waals surface area contributed by atoms with E-state index in [1.165, 1.54) is 0 Å². The second kappa shape index (κ2) is 7.94. The van der Waals surface area contributed by atoms with Gasteiger partial charge in [-0.25, -0.2) is 4.79 Å². The average Bonchev–Trinajstić information content (AvgIpc) is 2.77. The highest BCUT2D eigenvalue weighted by Gasteiger charge is 2.20. The monoisotopic (exact) mass is 323 g/mol. The molecule has 1 saturated heterocycles. The van der Waals surface area contributed by atoms with Gasteiger partial charge in [0.1, 0.15) is 0 Å². The van der Waals surface area contributed by atoms with Gasteiger partial charge in [0.2, 0.25) is 11.8 Å². The average molecular weight is 323 g/mol. The van der Waals surface area contributed by atoms with Gasteiger partial charge in [0.25, 0.3) is 0 Å². The number of urea groups is 1. The Morgan fingerprint density at radius 1 is 1.22 bits per heavy atom. The van der Waals surface area contributed by atoms with Crippen LogP contribution in [0.4, 0.5) is 4.79 Å². The fourth-order valence-electron chi connectivity index (χ4n) is 2.50. The van der Waals surface area contributed by atoms with Crippen LogP contribution in [0.15, 0.2) is 4.52 Å². The lowest BCUT2D eigenvalue weighted by Gasteiger charge is -2.21. The zero-order chi connectivity index (χ0) is 16.8. The smallest absolute Gasteiger partial charge is 0.317 e. The van der Waals surface area contributed by atoms with Crippen molar-refractivity contribution in [2.45, 2.75) is 40.2 Å². The van der Waals surface area contributed by atoms with Gasteiger partial charge in [-0.2, -0.15) is 4.98 Å². The maximum Gasteiger partial charge on any atom is 0.317 e. The van der Waals surface area contributed by atoms with Gasteiger partial charge in [0.05, 0.1) is 6.54 Å². The molecule has 0 spiro atoms. The van der Waals surface area contributed by atoms with Crippen molar-refractivity contribution >= 4 is 11.9 Å². The zero-order valence-corrected chi connectivity index (χ0v) is 14.0. The van der Waals surface area contributed by atoms with Gasteiger partial charge in [-0.15, -0.1) is 0 Å². The molecule has 128 valence electrons. The van der Waals surface area contributed by atoms with Gasteiger partial charge in [0.15, 0.2) is 5.82 Å². The number of rotatable bonds is 4. The molecule has 1 N–H and O–H groups in total. The summed E-state index contributed by atoms with van der Waals surface area (Å²) in [6, 6.07) is -0.161. The van der Waals surface area contributed by atoms with Gasteiger partial charge >= 0.3 is 6.03 Å². The summed E-state index contributed by atoms with van der Waals surface area (Å²) >= 11 is 0. The quantitative estimate of drug-likeness (QED) is 0.893. The highest BCUT2D eigenvalue weighted by molar-refractivity contribution is 5.75. The normalized spacial score (nSPS) is 15.7. The van der Waals surface area contributed by atoms with Crippen LogP contribution in [0, 0.1) is 5.92 Å². The van der Waals surface area contributed by atoms with Crippen molar-refractivity contribution in [2.75, 3.05) is 26.2 Å². The molecule has 0 radical (unpaired) electrons. The van der Waals surface area contributed by atoms with Crippen LogP contribution in [0.3, 0.4) is 0 Å². The highest BCUT2D eigenvalue weighted by atomic mass is 16.5. The first-order chi connectivity index (χ1) is 11.0. The molecular formula is C15H25N5O3. The number of carbonyl (C=O) groups excluding carboxylic acids is 2. The first-order valence-electron chi connectivity index (χ1n) is 8.05. The van der Waals surface area contributed by atoms with Gasteiger partial charge in [-0.3, -0.25) is 4.79 Å². The molecule has 8 heteroatoms. The van der Waals surface area contributed by atoms with E-state index in [1.807, 2.05) is 0 Å². The minimum atomic E-state index is -0.161. The largest absolute Gasteiger partial charge is 0.341 e. The lowest BCUT2D eigenvalue weighted by atomic mass is 10.1. The summed E-state index contributed by atoms with van der Waals surface area (Å²) in [5.74, 6) is 1.57. The summed E-state index contributed by atoms with van der Waals surface area (Å²) in [5.41, 5.74) is 0. The van der Waals surface area contributed by atoms with Crippen LogP contribution in [-0.2, 0) is 17.8 Å². The molecule has 0 unspecified atom stereocenters. The Bertz CT molecular complexity index is 543. The molecule has 3 amide bonds. The van der Waals surface area contributed by atoms with Crippen LogP contribution in [0.2, 0.25) is 0 Å². The molecular weight excluding hydrogens is 298 g/mol. The second-order valence-corrected chi connectivity index (χ2v) is 6.21. The van der Waals surface area contributed by atoms with Crippen molar-refractivity contribution in [1.82, 2.24) is 25.3 Å². The van der Waals surface area contributed by atoms with Crippen molar-refractivity contribution in [3.05, 3.63) is 11.7 Å². The number of aromatic nitrogens is 2. The van der Waals surface area contributed by atoms with E-state index in [4.69, 9.17) is 4.52 Å². The lowest BCUT2D eigenvalue weighted by molar-refractivity contribution is -0.128. The van der Waals surface area contributed by atoms with Gasteiger partial charge in [-0.05, 0) is 12.3 Å². The Labute approximate surface area is 136 Å². The standard InChI is InChI=1S/C15H25N5O3/c1-11(2)9-14-17-13(18-23-14)10-16-15(22)20-6-4-5-19(7-8-20)12(3)21/h11H,4-10H2,1-3H3,(H,16,22). The lowest BCUT2D eigenvalue weighted by Crippen LogP contribution is -2.42. The van der Waals surface area contributed by atoms with E-state index in [0.29, 0.717) is 43.8 Å². The minimum absolute atomic E-state index is 0.0525. The SMILES string of the molecule is CC(=O)N1CCCN(C(=O)NCc2noc(CC(C)C)n2)CC1. The molecule has 0 bridgehead atoms. The van der Waals surface area contributed by atoms with Gasteiger partial charge in [0, 0.05) is 39.5 Å². The van der Waals surface area contributed by atoms with E-state index in [-0.39, 0.29) is 18.5 Å². The first kappa shape index (κ1) is 17.2. The molecule has 2 rings (SSSR count). The summed E-state index contributed by atoms with van der Waals surface area (Å²) in [6.07, 6.45) is 1.52. The van der Waals surface area contributed by atoms with Crippen LogP contribution in [-0.4, -0.2) is 58.1 Å². The second-order valence-electron chi connectivity index (χ2n) is 6.21. The Hall–Kier alpha value is -2.12. The summed E-state index contributed by atoms with van der Waals surface area (Å²) < 4.78 is 5.14. The topological polar surface area (TPSA) is 91.6 Å². The van der Waals surface area contributed by atoms with E-state index in [0.717, 1.165) is 12.8 Å². The Morgan fingerprint density at radius 2 is 1.91 bits per heavy atom. The number of hydrogen-bond donors (Lipinski definition) is 1. The molecule has 0 aliphatic carbocycles. The number of hydrogen-bond acceptors (Lipinski definition) is 5. The molecule has 1 aromatic heterocycles. The van der Waals surface area contributed by atoms with Crippen molar-refractivity contribution in [3.8, 4) is 0 Å². The van der Waals surface area contributed by atoms with E-state index in [9.17, 15) is 9.59 Å². The predicted octanol–water partition coefficient (Wildman–Crippen LogP) is 1.03. The molecule has 8 nitrogen and oxygen atoms in total. The molecule has 1 fully saturated rings. The molecule has 0 saturated carbocycles. The van der Waals surface area contributed by atoms with Crippen molar-refractivity contribution in [2.24, 2.45) is 5.92 Å². The van der Waals surface area contributed by atoms with Crippen LogP contribution in [0.1, 0.15) is 38.9 Å². The number of nitrogens with zero attached hydrogens (tertiary/aromatic N) is 4.